The molecule has 6 nitrogen and oxygen atoms in total. The van der Waals surface area contributed by atoms with Gasteiger partial charge in [0.25, 0.3) is 0 Å². The molecule has 2 rings (SSSR count). The number of esters is 2. The van der Waals surface area contributed by atoms with Gasteiger partial charge in [-0.1, -0.05) is 24.3 Å². The predicted octanol–water partition coefficient (Wildman–Crippen LogP) is 3.91. The van der Waals surface area contributed by atoms with E-state index < -0.39 is 11.9 Å². The van der Waals surface area contributed by atoms with Crippen molar-refractivity contribution >= 4 is 24.1 Å². The molecule has 0 heterocycles. The maximum Gasteiger partial charge on any atom is 0.330 e. The molecule has 6 heteroatoms. The molecule has 0 aliphatic heterocycles. The zero-order valence-corrected chi connectivity index (χ0v) is 16.5. The van der Waals surface area contributed by atoms with E-state index in [2.05, 4.69) is 0 Å². The van der Waals surface area contributed by atoms with Crippen molar-refractivity contribution in [3.05, 3.63) is 71.8 Å². The summed E-state index contributed by atoms with van der Waals surface area (Å²) in [5.74, 6) is 0.592. The Morgan fingerprint density at radius 1 is 0.690 bits per heavy atom. The molecule has 0 atom stereocenters. The Hall–Kier alpha value is -3.54. The number of rotatable bonds is 10. The second kappa shape index (κ2) is 12.0. The van der Waals surface area contributed by atoms with Crippen LogP contribution in [0.5, 0.6) is 11.5 Å². The van der Waals surface area contributed by atoms with Gasteiger partial charge in [0, 0.05) is 18.6 Å². The lowest BCUT2D eigenvalue weighted by Crippen LogP contribution is -2.08. The van der Waals surface area contributed by atoms with Crippen LogP contribution in [-0.4, -0.2) is 39.4 Å². The van der Waals surface area contributed by atoms with Crippen LogP contribution < -0.4 is 9.47 Å². The smallest absolute Gasteiger partial charge is 0.330 e. The molecule has 0 radical (unpaired) electrons. The van der Waals surface area contributed by atoms with E-state index in [1.165, 1.54) is 12.2 Å². The molecule has 0 spiro atoms. The highest BCUT2D eigenvalue weighted by atomic mass is 16.5. The summed E-state index contributed by atoms with van der Waals surface area (Å²) < 4.78 is 20.3. The van der Waals surface area contributed by atoms with Crippen LogP contribution >= 0.6 is 0 Å². The second-order valence-electron chi connectivity index (χ2n) is 5.90. The van der Waals surface area contributed by atoms with Crippen LogP contribution in [-0.2, 0) is 19.1 Å². The van der Waals surface area contributed by atoms with E-state index in [0.29, 0.717) is 6.42 Å². The third-order valence-electron chi connectivity index (χ3n) is 3.83. The fourth-order valence-electron chi connectivity index (χ4n) is 2.26. The molecule has 0 aromatic heterocycles. The van der Waals surface area contributed by atoms with Crippen molar-refractivity contribution in [3.63, 3.8) is 0 Å². The van der Waals surface area contributed by atoms with E-state index in [4.69, 9.17) is 18.9 Å². The Bertz CT molecular complexity index is 763. The number of carbonyl (C=O) groups is 2. The summed E-state index contributed by atoms with van der Waals surface area (Å²) >= 11 is 0. The van der Waals surface area contributed by atoms with Crippen molar-refractivity contribution in [2.24, 2.45) is 0 Å². The first-order chi connectivity index (χ1) is 14.1. The van der Waals surface area contributed by atoms with Crippen molar-refractivity contribution in [3.8, 4) is 11.5 Å². The number of ether oxygens (including phenoxy) is 4. The van der Waals surface area contributed by atoms with Crippen molar-refractivity contribution < 1.29 is 28.5 Å². The maximum atomic E-state index is 11.7. The minimum Gasteiger partial charge on any atom is -0.497 e. The molecule has 0 fully saturated rings. The van der Waals surface area contributed by atoms with Gasteiger partial charge in [0.15, 0.2) is 0 Å². The zero-order chi connectivity index (χ0) is 20.9. The molecule has 2 aromatic carbocycles. The first-order valence-corrected chi connectivity index (χ1v) is 9.08. The van der Waals surface area contributed by atoms with Gasteiger partial charge in [-0.15, -0.1) is 0 Å². The van der Waals surface area contributed by atoms with Crippen LogP contribution in [0.25, 0.3) is 12.2 Å². The molecule has 0 amide bonds. The van der Waals surface area contributed by atoms with E-state index in [-0.39, 0.29) is 13.2 Å². The summed E-state index contributed by atoms with van der Waals surface area (Å²) in [6.07, 6.45) is 6.44. The van der Waals surface area contributed by atoms with Gasteiger partial charge in [-0.05, 0) is 47.5 Å². The molecule has 152 valence electrons. The monoisotopic (exact) mass is 396 g/mol. The fourth-order valence-corrected chi connectivity index (χ4v) is 2.26. The molecule has 2 aromatic rings. The lowest BCUT2D eigenvalue weighted by atomic mass is 10.2. The van der Waals surface area contributed by atoms with Crippen LogP contribution in [0.15, 0.2) is 60.7 Å². The maximum absolute atomic E-state index is 11.7. The summed E-state index contributed by atoms with van der Waals surface area (Å²) in [7, 11) is 3.19. The number of methoxy groups -OCH3 is 2. The molecular weight excluding hydrogens is 372 g/mol. The first-order valence-electron chi connectivity index (χ1n) is 9.08. The quantitative estimate of drug-likeness (QED) is 0.345. The summed E-state index contributed by atoms with van der Waals surface area (Å²) in [6.45, 7) is 0.336. The molecule has 29 heavy (non-hydrogen) atoms. The average molecular weight is 396 g/mol. The summed E-state index contributed by atoms with van der Waals surface area (Å²) in [4.78, 5) is 23.4. The molecule has 0 saturated heterocycles. The third kappa shape index (κ3) is 8.34. The number of carbonyl (C=O) groups excluding carboxylic acids is 2. The minimum atomic E-state index is -0.452. The van der Waals surface area contributed by atoms with Crippen LogP contribution in [0.2, 0.25) is 0 Å². The van der Waals surface area contributed by atoms with Gasteiger partial charge in [-0.25, -0.2) is 9.59 Å². The molecule has 0 aliphatic carbocycles. The molecule has 0 bridgehead atoms. The molecule has 0 unspecified atom stereocenters. The number of hydrogen-bond donors (Lipinski definition) is 0. The van der Waals surface area contributed by atoms with Crippen molar-refractivity contribution in [2.45, 2.75) is 6.42 Å². The Morgan fingerprint density at radius 2 is 1.07 bits per heavy atom. The highest BCUT2D eigenvalue weighted by Crippen LogP contribution is 2.13. The third-order valence-corrected chi connectivity index (χ3v) is 3.83. The standard InChI is InChI=1S/C23H24O6/c1-26-20-10-4-18(5-11-20)8-14-22(24)28-16-3-17-29-23(25)15-9-19-6-12-21(27-2)13-7-19/h4-15H,3,16-17H2,1-2H3/b14-8+,15-9+. The van der Waals surface area contributed by atoms with Gasteiger partial charge < -0.3 is 18.9 Å². The Morgan fingerprint density at radius 3 is 1.41 bits per heavy atom. The minimum absolute atomic E-state index is 0.168. The van der Waals surface area contributed by atoms with E-state index >= 15 is 0 Å². The zero-order valence-electron chi connectivity index (χ0n) is 16.5. The van der Waals surface area contributed by atoms with Crippen molar-refractivity contribution in [1.82, 2.24) is 0 Å². The lowest BCUT2D eigenvalue weighted by Gasteiger charge is -2.03. The van der Waals surface area contributed by atoms with Gasteiger partial charge in [0.1, 0.15) is 11.5 Å². The van der Waals surface area contributed by atoms with E-state index in [0.717, 1.165) is 22.6 Å². The van der Waals surface area contributed by atoms with Gasteiger partial charge in [0.05, 0.1) is 27.4 Å². The van der Waals surface area contributed by atoms with Gasteiger partial charge in [0.2, 0.25) is 0 Å². The fraction of sp³-hybridized carbons (Fsp3) is 0.217. The largest absolute Gasteiger partial charge is 0.497 e. The SMILES string of the molecule is COc1ccc(/C=C/C(=O)OCCCOC(=O)/C=C/c2ccc(OC)cc2)cc1. The summed E-state index contributed by atoms with van der Waals surface area (Å²) in [5.41, 5.74) is 1.72. The van der Waals surface area contributed by atoms with E-state index in [9.17, 15) is 9.59 Å². The Balaban J connectivity index is 1.61. The molecule has 0 N–H and O–H groups in total. The summed E-state index contributed by atoms with van der Waals surface area (Å²) in [5, 5.41) is 0. The van der Waals surface area contributed by atoms with Crippen LogP contribution in [0.1, 0.15) is 17.5 Å². The first kappa shape index (κ1) is 21.8. The van der Waals surface area contributed by atoms with Gasteiger partial charge >= 0.3 is 11.9 Å². The second-order valence-corrected chi connectivity index (χ2v) is 5.90. The topological polar surface area (TPSA) is 71.1 Å². The molecule has 0 saturated carbocycles. The normalized spacial score (nSPS) is 10.8. The van der Waals surface area contributed by atoms with E-state index in [1.54, 1.807) is 26.4 Å². The van der Waals surface area contributed by atoms with Crippen LogP contribution in [0, 0.1) is 0 Å². The summed E-state index contributed by atoms with van der Waals surface area (Å²) in [6, 6.07) is 14.6. The Kier molecular flexibility index (Phi) is 9.02. The van der Waals surface area contributed by atoms with Crippen LogP contribution in [0.4, 0.5) is 0 Å². The van der Waals surface area contributed by atoms with Crippen LogP contribution in [0.3, 0.4) is 0 Å². The predicted molar refractivity (Wildman–Crippen MR) is 111 cm³/mol. The number of hydrogen-bond acceptors (Lipinski definition) is 6. The highest BCUT2D eigenvalue weighted by molar-refractivity contribution is 5.87. The average Bonchev–Trinajstić information content (AvgIpc) is 2.76. The van der Waals surface area contributed by atoms with Gasteiger partial charge in [-0.3, -0.25) is 0 Å². The lowest BCUT2D eigenvalue weighted by molar-refractivity contribution is -0.140. The Labute approximate surface area is 170 Å². The number of benzene rings is 2. The van der Waals surface area contributed by atoms with Crippen molar-refractivity contribution in [2.75, 3.05) is 27.4 Å². The highest BCUT2D eigenvalue weighted by Gasteiger charge is 2.00. The molecular formula is C23H24O6. The van der Waals surface area contributed by atoms with Crippen molar-refractivity contribution in [1.29, 1.82) is 0 Å². The molecule has 0 aliphatic rings. The van der Waals surface area contributed by atoms with Gasteiger partial charge in [-0.2, -0.15) is 0 Å². The van der Waals surface area contributed by atoms with E-state index in [1.807, 2.05) is 48.5 Å².